The molecular formula is C14H18Cl2O2. The second-order valence-corrected chi connectivity index (χ2v) is 5.49. The fourth-order valence-corrected chi connectivity index (χ4v) is 2.90. The van der Waals surface area contributed by atoms with E-state index >= 15 is 0 Å². The van der Waals surface area contributed by atoms with E-state index in [2.05, 4.69) is 13.8 Å². The highest BCUT2D eigenvalue weighted by atomic mass is 35.5. The second-order valence-electron chi connectivity index (χ2n) is 4.65. The van der Waals surface area contributed by atoms with Gasteiger partial charge >= 0.3 is 0 Å². The maximum atomic E-state index is 6.23. The zero-order chi connectivity index (χ0) is 13.3. The van der Waals surface area contributed by atoms with Crippen molar-refractivity contribution >= 4 is 23.2 Å². The fraction of sp³-hybridized carbons (Fsp3) is 0.571. The molecule has 2 atom stereocenters. The Balaban J connectivity index is 2.29. The number of hydrogen-bond acceptors (Lipinski definition) is 2. The van der Waals surface area contributed by atoms with E-state index < -0.39 is 5.79 Å². The van der Waals surface area contributed by atoms with Gasteiger partial charge in [0.2, 0.25) is 0 Å². The predicted molar refractivity (Wildman–Crippen MR) is 74.1 cm³/mol. The minimum absolute atomic E-state index is 0.0106. The molecule has 0 saturated carbocycles. The maximum Gasteiger partial charge on any atom is 0.169 e. The van der Waals surface area contributed by atoms with Crippen molar-refractivity contribution in [2.24, 2.45) is 0 Å². The molecule has 1 aromatic carbocycles. The highest BCUT2D eigenvalue weighted by Gasteiger charge is 2.44. The Morgan fingerprint density at radius 3 is 2.33 bits per heavy atom. The van der Waals surface area contributed by atoms with Crippen molar-refractivity contribution < 1.29 is 9.47 Å². The second kappa shape index (κ2) is 5.38. The Bertz CT molecular complexity index is 430. The third kappa shape index (κ3) is 2.53. The lowest BCUT2D eigenvalue weighted by molar-refractivity contribution is -0.178. The van der Waals surface area contributed by atoms with Crippen LogP contribution in [0.4, 0.5) is 0 Å². The van der Waals surface area contributed by atoms with Crippen molar-refractivity contribution in [3.05, 3.63) is 33.8 Å². The van der Waals surface area contributed by atoms with Gasteiger partial charge in [-0.25, -0.2) is 0 Å². The van der Waals surface area contributed by atoms with Crippen LogP contribution in [-0.4, -0.2) is 11.9 Å². The predicted octanol–water partition coefficient (Wildman–Crippen LogP) is 4.99. The molecule has 1 fully saturated rings. The van der Waals surface area contributed by atoms with Gasteiger partial charge in [0.15, 0.2) is 5.79 Å². The van der Waals surface area contributed by atoms with Crippen LogP contribution in [0.15, 0.2) is 18.2 Å². The molecule has 1 heterocycles. The van der Waals surface area contributed by atoms with Crippen LogP contribution < -0.4 is 0 Å². The third-order valence-corrected chi connectivity index (χ3v) is 4.08. The lowest BCUT2D eigenvalue weighted by atomic mass is 10.1. The quantitative estimate of drug-likeness (QED) is 0.780. The SMILES string of the molecule is CCC1(CC)OC(C)C(c2ccc(Cl)cc2Cl)O1. The first-order valence-corrected chi connectivity index (χ1v) is 7.07. The van der Waals surface area contributed by atoms with Gasteiger partial charge in [-0.3, -0.25) is 0 Å². The van der Waals surface area contributed by atoms with Crippen molar-refractivity contribution in [1.82, 2.24) is 0 Å². The molecule has 0 N–H and O–H groups in total. The summed E-state index contributed by atoms with van der Waals surface area (Å²) in [6, 6.07) is 5.49. The molecule has 0 aliphatic carbocycles. The average Bonchev–Trinajstić information content (AvgIpc) is 2.67. The van der Waals surface area contributed by atoms with Crippen molar-refractivity contribution in [3.8, 4) is 0 Å². The molecule has 0 aromatic heterocycles. The zero-order valence-corrected chi connectivity index (χ0v) is 12.4. The number of rotatable bonds is 3. The van der Waals surface area contributed by atoms with Gasteiger partial charge < -0.3 is 9.47 Å². The van der Waals surface area contributed by atoms with E-state index in [4.69, 9.17) is 32.7 Å². The van der Waals surface area contributed by atoms with E-state index in [9.17, 15) is 0 Å². The summed E-state index contributed by atoms with van der Waals surface area (Å²) in [6.45, 7) is 6.16. The molecule has 1 aliphatic rings. The van der Waals surface area contributed by atoms with E-state index in [0.717, 1.165) is 18.4 Å². The van der Waals surface area contributed by atoms with Crippen LogP contribution in [0.5, 0.6) is 0 Å². The van der Waals surface area contributed by atoms with Crippen molar-refractivity contribution in [1.29, 1.82) is 0 Å². The summed E-state index contributed by atoms with van der Waals surface area (Å²) in [7, 11) is 0. The first-order valence-electron chi connectivity index (χ1n) is 6.32. The van der Waals surface area contributed by atoms with Crippen LogP contribution in [0.1, 0.15) is 45.3 Å². The third-order valence-electron chi connectivity index (χ3n) is 3.52. The van der Waals surface area contributed by atoms with Crippen LogP contribution in [0.3, 0.4) is 0 Å². The van der Waals surface area contributed by atoms with Gasteiger partial charge in [-0.15, -0.1) is 0 Å². The smallest absolute Gasteiger partial charge is 0.169 e. The van der Waals surface area contributed by atoms with Gasteiger partial charge in [-0.2, -0.15) is 0 Å². The van der Waals surface area contributed by atoms with Crippen LogP contribution in [-0.2, 0) is 9.47 Å². The van der Waals surface area contributed by atoms with Gasteiger partial charge in [-0.1, -0.05) is 43.1 Å². The number of ether oxygens (including phenoxy) is 2. The Morgan fingerprint density at radius 1 is 1.17 bits per heavy atom. The molecule has 18 heavy (non-hydrogen) atoms. The zero-order valence-electron chi connectivity index (χ0n) is 10.9. The lowest BCUT2D eigenvalue weighted by Crippen LogP contribution is -2.28. The minimum Gasteiger partial charge on any atom is -0.344 e. The van der Waals surface area contributed by atoms with Crippen LogP contribution >= 0.6 is 23.2 Å². The van der Waals surface area contributed by atoms with E-state index in [1.807, 2.05) is 19.1 Å². The molecule has 2 nitrogen and oxygen atoms in total. The summed E-state index contributed by atoms with van der Waals surface area (Å²) < 4.78 is 12.1. The van der Waals surface area contributed by atoms with Gasteiger partial charge in [0.25, 0.3) is 0 Å². The minimum atomic E-state index is -0.479. The topological polar surface area (TPSA) is 18.5 Å². The average molecular weight is 289 g/mol. The largest absolute Gasteiger partial charge is 0.344 e. The lowest BCUT2D eigenvalue weighted by Gasteiger charge is -2.25. The molecule has 1 aliphatic heterocycles. The molecule has 1 saturated heterocycles. The molecule has 0 bridgehead atoms. The molecular weight excluding hydrogens is 271 g/mol. The first kappa shape index (κ1) is 14.1. The standard InChI is InChI=1S/C14H18Cl2O2/c1-4-14(5-2)17-9(3)13(18-14)11-7-6-10(15)8-12(11)16/h6-9,13H,4-5H2,1-3H3. The Labute approximate surface area is 118 Å². The molecule has 2 unspecified atom stereocenters. The molecule has 4 heteroatoms. The van der Waals surface area contributed by atoms with E-state index in [1.165, 1.54) is 0 Å². The highest BCUT2D eigenvalue weighted by Crippen LogP contribution is 2.44. The molecule has 0 spiro atoms. The molecule has 1 aromatic rings. The number of benzene rings is 1. The van der Waals surface area contributed by atoms with Crippen molar-refractivity contribution in [3.63, 3.8) is 0 Å². The highest BCUT2D eigenvalue weighted by molar-refractivity contribution is 6.35. The van der Waals surface area contributed by atoms with E-state index in [1.54, 1.807) is 6.07 Å². The molecule has 2 rings (SSSR count). The van der Waals surface area contributed by atoms with Gasteiger partial charge in [-0.05, 0) is 31.9 Å². The monoisotopic (exact) mass is 288 g/mol. The van der Waals surface area contributed by atoms with Crippen LogP contribution in [0.2, 0.25) is 10.0 Å². The summed E-state index contributed by atoms with van der Waals surface area (Å²) in [5, 5.41) is 1.26. The number of halogens is 2. The van der Waals surface area contributed by atoms with Gasteiger partial charge in [0.1, 0.15) is 6.10 Å². The molecule has 0 amide bonds. The number of hydrogen-bond donors (Lipinski definition) is 0. The normalized spacial score (nSPS) is 26.5. The summed E-state index contributed by atoms with van der Waals surface area (Å²) >= 11 is 12.1. The summed E-state index contributed by atoms with van der Waals surface area (Å²) in [5.41, 5.74) is 0.942. The van der Waals surface area contributed by atoms with Crippen molar-refractivity contribution in [2.75, 3.05) is 0 Å². The van der Waals surface area contributed by atoms with Gasteiger partial charge in [0.05, 0.1) is 6.10 Å². The summed E-state index contributed by atoms with van der Waals surface area (Å²) in [6.07, 6.45) is 1.52. The maximum absolute atomic E-state index is 6.23. The van der Waals surface area contributed by atoms with Crippen molar-refractivity contribution in [2.45, 2.75) is 51.6 Å². The van der Waals surface area contributed by atoms with Crippen LogP contribution in [0, 0.1) is 0 Å². The first-order chi connectivity index (χ1) is 8.51. The fourth-order valence-electron chi connectivity index (χ4n) is 2.39. The van der Waals surface area contributed by atoms with E-state index in [-0.39, 0.29) is 12.2 Å². The van der Waals surface area contributed by atoms with Crippen LogP contribution in [0.25, 0.3) is 0 Å². The Morgan fingerprint density at radius 2 is 1.83 bits per heavy atom. The summed E-state index contributed by atoms with van der Waals surface area (Å²) in [4.78, 5) is 0. The Kier molecular flexibility index (Phi) is 4.22. The molecule has 0 radical (unpaired) electrons. The molecule has 100 valence electrons. The Hall–Kier alpha value is -0.280. The van der Waals surface area contributed by atoms with E-state index in [0.29, 0.717) is 10.0 Å². The van der Waals surface area contributed by atoms with Gasteiger partial charge in [0, 0.05) is 15.6 Å². The summed E-state index contributed by atoms with van der Waals surface area (Å²) in [5.74, 6) is -0.479.